The quantitative estimate of drug-likeness (QED) is 0.577. The van der Waals surface area contributed by atoms with Crippen LogP contribution >= 0.6 is 0 Å². The van der Waals surface area contributed by atoms with E-state index in [9.17, 15) is 9.90 Å². The highest BCUT2D eigenvalue weighted by Crippen LogP contribution is 2.07. The van der Waals surface area contributed by atoms with Crippen molar-refractivity contribution in [2.45, 2.75) is 26.1 Å². The molecule has 0 saturated carbocycles. The Bertz CT molecular complexity index is 400. The molecule has 1 aromatic carbocycles. The molecule has 0 fully saturated rings. The Morgan fingerprint density at radius 3 is 2.68 bits per heavy atom. The van der Waals surface area contributed by atoms with Crippen molar-refractivity contribution in [3.63, 3.8) is 0 Å². The summed E-state index contributed by atoms with van der Waals surface area (Å²) < 4.78 is 10.2. The van der Waals surface area contributed by atoms with E-state index >= 15 is 0 Å². The predicted molar refractivity (Wildman–Crippen MR) is 72.5 cm³/mol. The number of aliphatic hydroxyl groups excluding tert-OH is 1. The van der Waals surface area contributed by atoms with Gasteiger partial charge in [-0.05, 0) is 18.1 Å². The van der Waals surface area contributed by atoms with Gasteiger partial charge in [0.05, 0.1) is 19.8 Å². The second kappa shape index (κ2) is 8.45. The molecule has 1 rings (SSSR count). The highest BCUT2D eigenvalue weighted by Gasteiger charge is 2.16. The molecule has 0 spiro atoms. The Kier molecular flexibility index (Phi) is 6.85. The highest BCUT2D eigenvalue weighted by molar-refractivity contribution is 5.74. The Labute approximate surface area is 113 Å². The molecule has 0 bridgehead atoms. The average molecular weight is 264 g/mol. The van der Waals surface area contributed by atoms with Gasteiger partial charge in [0.25, 0.3) is 0 Å². The molecule has 1 atom stereocenters. The number of hydrogen-bond acceptors (Lipinski definition) is 4. The van der Waals surface area contributed by atoms with Gasteiger partial charge in [0.15, 0.2) is 6.10 Å². The third-order valence-electron chi connectivity index (χ3n) is 2.46. The lowest BCUT2D eigenvalue weighted by atomic mass is 10.1. The van der Waals surface area contributed by atoms with Gasteiger partial charge >= 0.3 is 5.97 Å². The molecule has 1 unspecified atom stereocenters. The van der Waals surface area contributed by atoms with Crippen LogP contribution in [0.25, 0.3) is 0 Å². The standard InChI is InChI=1S/C15H20O4/c1-3-19-15(17)14(16)9-12(2)10-18-11-13-7-5-4-6-8-13/h4-8,14,16H,2-3,9-11H2,1H3. The molecular formula is C15H20O4. The van der Waals surface area contributed by atoms with Crippen molar-refractivity contribution in [2.24, 2.45) is 0 Å². The first-order valence-corrected chi connectivity index (χ1v) is 6.26. The van der Waals surface area contributed by atoms with Crippen LogP contribution in [0.5, 0.6) is 0 Å². The first kappa shape index (κ1) is 15.4. The number of rotatable bonds is 8. The molecule has 0 amide bonds. The second-order valence-corrected chi connectivity index (χ2v) is 4.20. The maximum atomic E-state index is 11.2. The van der Waals surface area contributed by atoms with Crippen molar-refractivity contribution < 1.29 is 19.4 Å². The summed E-state index contributed by atoms with van der Waals surface area (Å²) in [6, 6.07) is 9.76. The van der Waals surface area contributed by atoms with Gasteiger partial charge in [-0.1, -0.05) is 36.9 Å². The maximum Gasteiger partial charge on any atom is 0.335 e. The number of carbonyl (C=O) groups excluding carboxylic acids is 1. The third kappa shape index (κ3) is 6.18. The lowest BCUT2D eigenvalue weighted by Gasteiger charge is -2.12. The first-order chi connectivity index (χ1) is 9.13. The van der Waals surface area contributed by atoms with Gasteiger partial charge in [0, 0.05) is 6.42 Å². The summed E-state index contributed by atoms with van der Waals surface area (Å²) in [5, 5.41) is 9.54. The summed E-state index contributed by atoms with van der Waals surface area (Å²) >= 11 is 0. The predicted octanol–water partition coefficient (Wildman–Crippen LogP) is 2.07. The zero-order valence-corrected chi connectivity index (χ0v) is 11.2. The molecule has 104 valence electrons. The van der Waals surface area contributed by atoms with Crippen LogP contribution in [0.4, 0.5) is 0 Å². The first-order valence-electron chi connectivity index (χ1n) is 6.26. The Morgan fingerprint density at radius 1 is 1.37 bits per heavy atom. The van der Waals surface area contributed by atoms with Crippen LogP contribution in [0.1, 0.15) is 18.9 Å². The Morgan fingerprint density at radius 2 is 2.05 bits per heavy atom. The van der Waals surface area contributed by atoms with Crippen molar-refractivity contribution in [3.05, 3.63) is 48.0 Å². The Balaban J connectivity index is 2.23. The fourth-order valence-corrected chi connectivity index (χ4v) is 1.54. The summed E-state index contributed by atoms with van der Waals surface area (Å²) in [6.45, 7) is 6.52. The monoisotopic (exact) mass is 264 g/mol. The van der Waals surface area contributed by atoms with Crippen molar-refractivity contribution in [3.8, 4) is 0 Å². The molecule has 19 heavy (non-hydrogen) atoms. The third-order valence-corrected chi connectivity index (χ3v) is 2.46. The number of esters is 1. The number of carbonyl (C=O) groups is 1. The molecule has 1 aromatic rings. The number of ether oxygens (including phenoxy) is 2. The molecule has 4 nitrogen and oxygen atoms in total. The molecular weight excluding hydrogens is 244 g/mol. The Hall–Kier alpha value is -1.65. The molecule has 0 radical (unpaired) electrons. The summed E-state index contributed by atoms with van der Waals surface area (Å²) in [5.74, 6) is -0.619. The van der Waals surface area contributed by atoms with Crippen LogP contribution in [0.3, 0.4) is 0 Å². The van der Waals surface area contributed by atoms with E-state index in [0.29, 0.717) is 18.8 Å². The van der Waals surface area contributed by atoms with Crippen molar-refractivity contribution in [1.29, 1.82) is 0 Å². The normalized spacial score (nSPS) is 11.9. The fraction of sp³-hybridized carbons (Fsp3) is 0.400. The highest BCUT2D eigenvalue weighted by atomic mass is 16.5. The van der Waals surface area contributed by atoms with E-state index < -0.39 is 12.1 Å². The summed E-state index contributed by atoms with van der Waals surface area (Å²) in [7, 11) is 0. The van der Waals surface area contributed by atoms with E-state index in [-0.39, 0.29) is 13.0 Å². The number of benzene rings is 1. The minimum Gasteiger partial charge on any atom is -0.464 e. The van der Waals surface area contributed by atoms with E-state index in [1.165, 1.54) is 0 Å². The van der Waals surface area contributed by atoms with Gasteiger partial charge in [-0.2, -0.15) is 0 Å². The van der Waals surface area contributed by atoms with Gasteiger partial charge in [-0.15, -0.1) is 0 Å². The van der Waals surface area contributed by atoms with Crippen molar-refractivity contribution in [2.75, 3.05) is 13.2 Å². The SMILES string of the molecule is C=C(COCc1ccccc1)CC(O)C(=O)OCC. The molecule has 1 N–H and O–H groups in total. The van der Waals surface area contributed by atoms with Crippen molar-refractivity contribution in [1.82, 2.24) is 0 Å². The van der Waals surface area contributed by atoms with Crippen LogP contribution in [0.2, 0.25) is 0 Å². The summed E-state index contributed by atoms with van der Waals surface area (Å²) in [6.07, 6.45) is -0.999. The zero-order valence-electron chi connectivity index (χ0n) is 11.2. The molecule has 0 aliphatic carbocycles. The van der Waals surface area contributed by atoms with Crippen LogP contribution in [-0.4, -0.2) is 30.4 Å². The molecule has 0 aromatic heterocycles. The smallest absolute Gasteiger partial charge is 0.335 e. The molecule has 0 aliphatic rings. The van der Waals surface area contributed by atoms with Crippen LogP contribution in [-0.2, 0) is 20.9 Å². The van der Waals surface area contributed by atoms with Gasteiger partial charge in [-0.25, -0.2) is 4.79 Å². The molecule has 0 aliphatic heterocycles. The van der Waals surface area contributed by atoms with E-state index in [1.54, 1.807) is 6.92 Å². The summed E-state index contributed by atoms with van der Waals surface area (Å²) in [5.41, 5.74) is 1.73. The van der Waals surface area contributed by atoms with Gasteiger partial charge in [-0.3, -0.25) is 0 Å². The van der Waals surface area contributed by atoms with E-state index in [2.05, 4.69) is 6.58 Å². The van der Waals surface area contributed by atoms with Gasteiger partial charge in [0.1, 0.15) is 0 Å². The van der Waals surface area contributed by atoms with Gasteiger partial charge in [0.2, 0.25) is 0 Å². The van der Waals surface area contributed by atoms with Crippen LogP contribution in [0.15, 0.2) is 42.5 Å². The minimum atomic E-state index is -1.16. The fourth-order valence-electron chi connectivity index (χ4n) is 1.54. The second-order valence-electron chi connectivity index (χ2n) is 4.20. The molecule has 0 heterocycles. The number of aliphatic hydroxyl groups is 1. The lowest BCUT2D eigenvalue weighted by molar-refractivity contribution is -0.152. The van der Waals surface area contributed by atoms with E-state index in [1.807, 2.05) is 30.3 Å². The van der Waals surface area contributed by atoms with E-state index in [0.717, 1.165) is 5.56 Å². The molecule has 4 heteroatoms. The average Bonchev–Trinajstić information content (AvgIpc) is 2.40. The molecule has 0 saturated heterocycles. The topological polar surface area (TPSA) is 55.8 Å². The maximum absolute atomic E-state index is 11.2. The largest absolute Gasteiger partial charge is 0.464 e. The van der Waals surface area contributed by atoms with E-state index in [4.69, 9.17) is 9.47 Å². The zero-order chi connectivity index (χ0) is 14.1. The van der Waals surface area contributed by atoms with Crippen molar-refractivity contribution >= 4 is 5.97 Å². The van der Waals surface area contributed by atoms with Crippen LogP contribution in [0, 0.1) is 0 Å². The summed E-state index contributed by atoms with van der Waals surface area (Å²) in [4.78, 5) is 11.2. The van der Waals surface area contributed by atoms with Gasteiger partial charge < -0.3 is 14.6 Å². The van der Waals surface area contributed by atoms with Crippen LogP contribution < -0.4 is 0 Å². The number of hydrogen-bond donors (Lipinski definition) is 1. The lowest BCUT2D eigenvalue weighted by Crippen LogP contribution is -2.24. The minimum absolute atomic E-state index is 0.160.